The fraction of sp³-hybridized carbons (Fsp3) is 1.00. The highest BCUT2D eigenvalue weighted by atomic mass is 16.9. The Morgan fingerprint density at radius 1 is 0.400 bits per heavy atom. The molecule has 3 heteroatoms. The van der Waals surface area contributed by atoms with Crippen LogP contribution in [-0.4, -0.2) is 25.8 Å². The lowest BCUT2D eigenvalue weighted by Gasteiger charge is -2.35. The van der Waals surface area contributed by atoms with Crippen molar-refractivity contribution in [1.29, 1.82) is 0 Å². The lowest BCUT2D eigenvalue weighted by Crippen LogP contribution is -2.41. The first-order valence-corrected chi connectivity index (χ1v) is 16.0. The minimum absolute atomic E-state index is 0.479. The van der Waals surface area contributed by atoms with Crippen LogP contribution in [0.5, 0.6) is 0 Å². The van der Waals surface area contributed by atoms with Crippen molar-refractivity contribution in [2.24, 2.45) is 5.92 Å². The molecule has 0 saturated carbocycles. The molecule has 35 heavy (non-hydrogen) atoms. The lowest BCUT2D eigenvalue weighted by molar-refractivity contribution is -0.387. The normalized spacial score (nSPS) is 12.2. The van der Waals surface area contributed by atoms with Crippen LogP contribution in [-0.2, 0) is 14.2 Å². The summed E-state index contributed by atoms with van der Waals surface area (Å²) in [6.07, 6.45) is 28.1. The molecule has 3 nitrogen and oxygen atoms in total. The van der Waals surface area contributed by atoms with Crippen LogP contribution in [0.25, 0.3) is 0 Å². The number of ether oxygens (including phenoxy) is 3. The van der Waals surface area contributed by atoms with Crippen molar-refractivity contribution in [3.05, 3.63) is 0 Å². The van der Waals surface area contributed by atoms with Crippen LogP contribution in [0.1, 0.15) is 176 Å². The molecule has 212 valence electrons. The van der Waals surface area contributed by atoms with E-state index in [0.717, 1.165) is 45.5 Å². The van der Waals surface area contributed by atoms with E-state index in [4.69, 9.17) is 14.2 Å². The van der Waals surface area contributed by atoms with Gasteiger partial charge in [0.2, 0.25) is 0 Å². The summed E-state index contributed by atoms with van der Waals surface area (Å²) in [5.74, 6) is -0.368. The van der Waals surface area contributed by atoms with E-state index in [9.17, 15) is 0 Å². The highest BCUT2D eigenvalue weighted by Crippen LogP contribution is 2.27. The summed E-state index contributed by atoms with van der Waals surface area (Å²) in [6, 6.07) is 0. The molecule has 0 atom stereocenters. The van der Waals surface area contributed by atoms with Crippen molar-refractivity contribution in [1.82, 2.24) is 0 Å². The molecule has 0 radical (unpaired) electrons. The van der Waals surface area contributed by atoms with Gasteiger partial charge in [0.05, 0.1) is 19.8 Å². The summed E-state index contributed by atoms with van der Waals surface area (Å²) in [6.45, 7) is 13.6. The molecule has 0 spiro atoms. The summed E-state index contributed by atoms with van der Waals surface area (Å²) < 4.78 is 19.3. The zero-order chi connectivity index (χ0) is 25.9. The van der Waals surface area contributed by atoms with Crippen LogP contribution in [0, 0.1) is 5.92 Å². The molecule has 0 heterocycles. The van der Waals surface area contributed by atoms with Gasteiger partial charge in [0.25, 0.3) is 5.97 Å². The van der Waals surface area contributed by atoms with Crippen LogP contribution in [0.4, 0.5) is 0 Å². The van der Waals surface area contributed by atoms with Crippen LogP contribution in [0.2, 0.25) is 0 Å². The van der Waals surface area contributed by atoms with E-state index in [0.29, 0.717) is 5.92 Å². The Morgan fingerprint density at radius 2 is 0.657 bits per heavy atom. The Balaban J connectivity index is 4.53. The third kappa shape index (κ3) is 24.0. The zero-order valence-corrected chi connectivity index (χ0v) is 25.0. The molecule has 0 aliphatic rings. The van der Waals surface area contributed by atoms with Crippen LogP contribution in [0.15, 0.2) is 0 Å². The smallest absolute Gasteiger partial charge is 0.283 e. The summed E-state index contributed by atoms with van der Waals surface area (Å²) in [5, 5.41) is 0. The first-order chi connectivity index (χ1) is 17.1. The molecule has 0 aromatic carbocycles. The SMILES string of the molecule is CCCCCCCCCOC(CC(C)C)(OCCCCCCCCC)OCCCCCCCCC. The third-order valence-corrected chi connectivity index (χ3v) is 6.87. The van der Waals surface area contributed by atoms with Crippen molar-refractivity contribution >= 4 is 0 Å². The molecule has 0 aromatic rings. The van der Waals surface area contributed by atoms with Gasteiger partial charge in [-0.25, -0.2) is 0 Å². The minimum atomic E-state index is -0.846. The van der Waals surface area contributed by atoms with E-state index < -0.39 is 5.97 Å². The summed E-state index contributed by atoms with van der Waals surface area (Å²) in [5.41, 5.74) is 0. The van der Waals surface area contributed by atoms with Gasteiger partial charge in [-0.15, -0.1) is 0 Å². The monoisotopic (exact) mass is 499 g/mol. The van der Waals surface area contributed by atoms with Gasteiger partial charge in [0, 0.05) is 6.42 Å². The minimum Gasteiger partial charge on any atom is -0.327 e. The molecule has 0 fully saturated rings. The van der Waals surface area contributed by atoms with Gasteiger partial charge in [-0.1, -0.05) is 150 Å². The molecule has 0 aliphatic carbocycles. The maximum Gasteiger partial charge on any atom is 0.283 e. The Hall–Kier alpha value is -0.120. The second kappa shape index (κ2) is 26.9. The van der Waals surface area contributed by atoms with E-state index in [-0.39, 0.29) is 0 Å². The van der Waals surface area contributed by atoms with Crippen LogP contribution >= 0.6 is 0 Å². The zero-order valence-electron chi connectivity index (χ0n) is 25.0. The van der Waals surface area contributed by atoms with Crippen LogP contribution < -0.4 is 0 Å². The van der Waals surface area contributed by atoms with E-state index in [1.165, 1.54) is 116 Å². The summed E-state index contributed by atoms with van der Waals surface area (Å²) in [4.78, 5) is 0. The topological polar surface area (TPSA) is 27.7 Å². The van der Waals surface area contributed by atoms with Gasteiger partial charge in [0.15, 0.2) is 0 Å². The molecule has 0 amide bonds. The number of unbranched alkanes of at least 4 members (excludes halogenated alkanes) is 18. The summed E-state index contributed by atoms with van der Waals surface area (Å²) in [7, 11) is 0. The van der Waals surface area contributed by atoms with Gasteiger partial charge in [0.1, 0.15) is 0 Å². The Kier molecular flexibility index (Phi) is 26.8. The van der Waals surface area contributed by atoms with Crippen molar-refractivity contribution in [2.45, 2.75) is 182 Å². The maximum absolute atomic E-state index is 6.44. The number of hydrogen-bond donors (Lipinski definition) is 0. The van der Waals surface area contributed by atoms with Crippen LogP contribution in [0.3, 0.4) is 0 Å². The molecular formula is C32H66O3. The van der Waals surface area contributed by atoms with E-state index in [1.54, 1.807) is 0 Å². The quantitative estimate of drug-likeness (QED) is 0.0758. The molecule has 0 unspecified atom stereocenters. The van der Waals surface area contributed by atoms with E-state index >= 15 is 0 Å². The fourth-order valence-corrected chi connectivity index (χ4v) is 4.66. The number of hydrogen-bond acceptors (Lipinski definition) is 3. The van der Waals surface area contributed by atoms with Gasteiger partial charge in [-0.3, -0.25) is 0 Å². The third-order valence-electron chi connectivity index (χ3n) is 6.87. The highest BCUT2D eigenvalue weighted by molar-refractivity contribution is 4.63. The van der Waals surface area contributed by atoms with Gasteiger partial charge in [-0.2, -0.15) is 0 Å². The fourth-order valence-electron chi connectivity index (χ4n) is 4.66. The highest BCUT2D eigenvalue weighted by Gasteiger charge is 2.34. The lowest BCUT2D eigenvalue weighted by atomic mass is 10.1. The average Bonchev–Trinajstić information content (AvgIpc) is 2.83. The van der Waals surface area contributed by atoms with E-state index in [1.807, 2.05) is 0 Å². The largest absolute Gasteiger partial charge is 0.327 e. The molecule has 0 rings (SSSR count). The molecular weight excluding hydrogens is 432 g/mol. The van der Waals surface area contributed by atoms with Gasteiger partial charge >= 0.3 is 0 Å². The Morgan fingerprint density at radius 3 is 0.914 bits per heavy atom. The first-order valence-electron chi connectivity index (χ1n) is 16.0. The average molecular weight is 499 g/mol. The molecule has 0 aliphatic heterocycles. The first kappa shape index (κ1) is 34.9. The van der Waals surface area contributed by atoms with Crippen molar-refractivity contribution < 1.29 is 14.2 Å². The second-order valence-corrected chi connectivity index (χ2v) is 11.2. The second-order valence-electron chi connectivity index (χ2n) is 11.2. The predicted octanol–water partition coefficient (Wildman–Crippen LogP) is 11.0. The summed E-state index contributed by atoms with van der Waals surface area (Å²) >= 11 is 0. The van der Waals surface area contributed by atoms with Crippen molar-refractivity contribution in [3.63, 3.8) is 0 Å². The molecule has 0 N–H and O–H groups in total. The van der Waals surface area contributed by atoms with Gasteiger partial charge in [-0.05, 0) is 25.2 Å². The standard InChI is InChI=1S/C32H66O3/c1-6-9-12-15-18-21-24-27-33-32(30-31(4)5,34-28-25-22-19-16-13-10-7-2)35-29-26-23-20-17-14-11-8-3/h31H,6-30H2,1-5H3. The van der Waals surface area contributed by atoms with E-state index in [2.05, 4.69) is 34.6 Å². The Bertz CT molecular complexity index is 346. The number of rotatable bonds is 29. The van der Waals surface area contributed by atoms with Crippen molar-refractivity contribution in [2.75, 3.05) is 19.8 Å². The predicted molar refractivity (Wildman–Crippen MR) is 154 cm³/mol. The molecule has 0 bridgehead atoms. The maximum atomic E-state index is 6.44. The van der Waals surface area contributed by atoms with Gasteiger partial charge < -0.3 is 14.2 Å². The molecule has 0 saturated heterocycles. The Labute approximate surface area is 221 Å². The van der Waals surface area contributed by atoms with Crippen molar-refractivity contribution in [3.8, 4) is 0 Å². The molecule has 0 aromatic heterocycles.